The van der Waals surface area contributed by atoms with Crippen molar-refractivity contribution in [2.24, 2.45) is 7.05 Å². The van der Waals surface area contributed by atoms with Crippen molar-refractivity contribution in [1.82, 2.24) is 19.7 Å². The van der Waals surface area contributed by atoms with E-state index in [1.54, 1.807) is 10.7 Å². The van der Waals surface area contributed by atoms with Gasteiger partial charge < -0.3 is 10.1 Å². The maximum absolute atomic E-state index is 13.9. The van der Waals surface area contributed by atoms with Crippen molar-refractivity contribution in [3.63, 3.8) is 0 Å². The van der Waals surface area contributed by atoms with Crippen LogP contribution in [-0.2, 0) is 7.05 Å². The number of nitro benzene ring substituents is 1. The van der Waals surface area contributed by atoms with E-state index in [0.29, 0.717) is 11.5 Å². The van der Waals surface area contributed by atoms with Crippen LogP contribution in [0.3, 0.4) is 0 Å². The largest absolute Gasteiger partial charge is 0.494 e. The summed E-state index contributed by atoms with van der Waals surface area (Å²) in [7, 11) is 3.22. The van der Waals surface area contributed by atoms with E-state index >= 15 is 0 Å². The van der Waals surface area contributed by atoms with Gasteiger partial charge in [0, 0.05) is 36.2 Å². The molecule has 1 N–H and O–H groups in total. The lowest BCUT2D eigenvalue weighted by molar-refractivity contribution is -0.387. The van der Waals surface area contributed by atoms with Gasteiger partial charge in [-0.2, -0.15) is 9.49 Å². The van der Waals surface area contributed by atoms with Crippen LogP contribution >= 0.6 is 0 Å². The van der Waals surface area contributed by atoms with Gasteiger partial charge in [0.05, 0.1) is 34.6 Å². The van der Waals surface area contributed by atoms with Crippen LogP contribution in [0.25, 0.3) is 22.2 Å². The number of hydrogen-bond donors (Lipinski definition) is 1. The Morgan fingerprint density at radius 3 is 2.73 bits per heavy atom. The zero-order valence-electron chi connectivity index (χ0n) is 16.4. The number of rotatable bonds is 5. The van der Waals surface area contributed by atoms with Gasteiger partial charge in [0.1, 0.15) is 17.9 Å². The summed E-state index contributed by atoms with van der Waals surface area (Å²) in [5, 5.41) is 19.5. The van der Waals surface area contributed by atoms with E-state index in [1.807, 2.05) is 32.2 Å². The average Bonchev–Trinajstić information content (AvgIpc) is 3.02. The summed E-state index contributed by atoms with van der Waals surface area (Å²) >= 11 is 0. The van der Waals surface area contributed by atoms with Crippen LogP contribution in [0.4, 0.5) is 21.6 Å². The molecule has 0 saturated heterocycles. The Kier molecular flexibility index (Phi) is 4.74. The lowest BCUT2D eigenvalue weighted by atomic mass is 10.1. The molecule has 4 aromatic rings. The number of nitrogens with zero attached hydrogens (tertiary/aromatic N) is 5. The van der Waals surface area contributed by atoms with Crippen LogP contribution in [-0.4, -0.2) is 31.8 Å². The number of benzene rings is 2. The van der Waals surface area contributed by atoms with Crippen LogP contribution in [0.2, 0.25) is 0 Å². The summed E-state index contributed by atoms with van der Waals surface area (Å²) < 4.78 is 20.8. The van der Waals surface area contributed by atoms with Crippen molar-refractivity contribution in [2.45, 2.75) is 6.92 Å². The monoisotopic (exact) mass is 408 g/mol. The highest BCUT2D eigenvalue weighted by Gasteiger charge is 2.19. The zero-order chi connectivity index (χ0) is 21.4. The molecule has 0 spiro atoms. The molecule has 4 rings (SSSR count). The van der Waals surface area contributed by atoms with Crippen molar-refractivity contribution in [3.8, 4) is 17.0 Å². The molecule has 0 amide bonds. The molecule has 9 nitrogen and oxygen atoms in total. The predicted octanol–water partition coefficient (Wildman–Crippen LogP) is 4.14. The number of anilines is 2. The number of nitrogens with one attached hydrogen (secondary N) is 1. The van der Waals surface area contributed by atoms with Gasteiger partial charge in [0.2, 0.25) is 5.82 Å². The van der Waals surface area contributed by atoms with E-state index in [9.17, 15) is 14.5 Å². The fourth-order valence-corrected chi connectivity index (χ4v) is 3.27. The van der Waals surface area contributed by atoms with E-state index in [2.05, 4.69) is 20.4 Å². The Labute approximate surface area is 170 Å². The molecule has 0 aliphatic carbocycles. The molecule has 0 aliphatic rings. The second-order valence-corrected chi connectivity index (χ2v) is 6.62. The first-order valence-corrected chi connectivity index (χ1v) is 8.92. The fourth-order valence-electron chi connectivity index (χ4n) is 3.27. The Balaban J connectivity index is 1.72. The molecule has 0 atom stereocenters. The lowest BCUT2D eigenvalue weighted by Crippen LogP contribution is -2.01. The summed E-state index contributed by atoms with van der Waals surface area (Å²) in [6.07, 6.45) is 1.38. The predicted molar refractivity (Wildman–Crippen MR) is 109 cm³/mol. The van der Waals surface area contributed by atoms with Crippen molar-refractivity contribution in [2.75, 3.05) is 12.4 Å². The summed E-state index contributed by atoms with van der Waals surface area (Å²) in [6.45, 7) is 1.95. The molecule has 152 valence electrons. The van der Waals surface area contributed by atoms with Gasteiger partial charge >= 0.3 is 5.69 Å². The molecule has 2 aromatic heterocycles. The zero-order valence-corrected chi connectivity index (χ0v) is 16.4. The molecule has 2 heterocycles. The van der Waals surface area contributed by atoms with E-state index < -0.39 is 16.4 Å². The van der Waals surface area contributed by atoms with Gasteiger partial charge in [0.25, 0.3) is 0 Å². The Bertz CT molecular complexity index is 1290. The summed E-state index contributed by atoms with van der Waals surface area (Å²) in [5.74, 6) is -0.490. The van der Waals surface area contributed by atoms with Gasteiger partial charge in [0.15, 0.2) is 0 Å². The average molecular weight is 408 g/mol. The molecule has 0 bridgehead atoms. The third kappa shape index (κ3) is 3.39. The number of nitro groups is 1. The van der Waals surface area contributed by atoms with Crippen LogP contribution < -0.4 is 10.1 Å². The summed E-state index contributed by atoms with van der Waals surface area (Å²) in [6, 6.07) is 9.62. The van der Waals surface area contributed by atoms with E-state index in [1.165, 1.54) is 13.4 Å². The topological polar surface area (TPSA) is 108 Å². The van der Waals surface area contributed by atoms with Crippen molar-refractivity contribution >= 4 is 28.1 Å². The Morgan fingerprint density at radius 2 is 2.00 bits per heavy atom. The molecular formula is C20H17FN6O3. The number of aromatic nitrogens is 4. The first-order valence-electron chi connectivity index (χ1n) is 8.92. The second kappa shape index (κ2) is 7.39. The first kappa shape index (κ1) is 19.2. The number of fused-ring (bicyclic) bond motifs is 1. The van der Waals surface area contributed by atoms with Crippen molar-refractivity contribution in [1.29, 1.82) is 0 Å². The minimum absolute atomic E-state index is 0.116. The van der Waals surface area contributed by atoms with Gasteiger partial charge in [-0.1, -0.05) is 12.1 Å². The quantitative estimate of drug-likeness (QED) is 0.390. The van der Waals surface area contributed by atoms with E-state index in [4.69, 9.17) is 4.74 Å². The van der Waals surface area contributed by atoms with Gasteiger partial charge in [-0.25, -0.2) is 9.97 Å². The summed E-state index contributed by atoms with van der Waals surface area (Å²) in [4.78, 5) is 18.7. The highest BCUT2D eigenvalue weighted by molar-refractivity contribution is 5.86. The maximum atomic E-state index is 13.9. The Morgan fingerprint density at radius 1 is 1.20 bits per heavy atom. The maximum Gasteiger partial charge on any atom is 0.307 e. The fraction of sp³-hybridized carbons (Fsp3) is 0.150. The highest BCUT2D eigenvalue weighted by atomic mass is 19.1. The first-order chi connectivity index (χ1) is 14.4. The van der Waals surface area contributed by atoms with Gasteiger partial charge in [-0.05, 0) is 13.0 Å². The van der Waals surface area contributed by atoms with E-state index in [0.717, 1.165) is 34.3 Å². The van der Waals surface area contributed by atoms with Crippen LogP contribution in [0.5, 0.6) is 5.75 Å². The molecule has 0 unspecified atom stereocenters. The molecule has 0 radical (unpaired) electrons. The highest BCUT2D eigenvalue weighted by Crippen LogP contribution is 2.34. The SMILES string of the molecule is COc1cc(F)c([N+](=O)[O-])cc1Nc1cc(-c2ccc3c(C)nn(C)c3c2)ncn1. The minimum Gasteiger partial charge on any atom is -0.494 e. The number of aryl methyl sites for hydroxylation is 2. The normalized spacial score (nSPS) is 10.9. The molecule has 30 heavy (non-hydrogen) atoms. The minimum atomic E-state index is -0.981. The van der Waals surface area contributed by atoms with Crippen molar-refractivity contribution in [3.05, 3.63) is 64.4 Å². The molecular weight excluding hydrogens is 391 g/mol. The smallest absolute Gasteiger partial charge is 0.307 e. The second-order valence-electron chi connectivity index (χ2n) is 6.62. The Hall–Kier alpha value is -4.08. The van der Waals surface area contributed by atoms with Crippen molar-refractivity contribution < 1.29 is 14.1 Å². The number of ether oxygens (including phenoxy) is 1. The van der Waals surface area contributed by atoms with Crippen LogP contribution in [0.1, 0.15) is 5.69 Å². The number of halogens is 1. The molecule has 0 saturated carbocycles. The van der Waals surface area contributed by atoms with Gasteiger partial charge in [-0.3, -0.25) is 14.8 Å². The third-order valence-electron chi connectivity index (χ3n) is 4.73. The molecule has 10 heteroatoms. The summed E-state index contributed by atoms with van der Waals surface area (Å²) in [5.41, 5.74) is 2.96. The van der Waals surface area contributed by atoms with Gasteiger partial charge in [-0.15, -0.1) is 0 Å². The molecule has 0 aliphatic heterocycles. The van der Waals surface area contributed by atoms with Crippen LogP contribution in [0, 0.1) is 22.9 Å². The molecule has 0 fully saturated rings. The number of hydrogen-bond acceptors (Lipinski definition) is 7. The number of methoxy groups -OCH3 is 1. The standard InChI is InChI=1S/C20H17FN6O3/c1-11-13-5-4-12(6-17(13)26(2)25-11)15-9-20(23-10-22-15)24-16-8-18(27(28)29)14(21)7-19(16)30-3/h4-10H,1-3H3,(H,22,23,24). The van der Waals surface area contributed by atoms with E-state index in [-0.39, 0.29) is 11.4 Å². The lowest BCUT2D eigenvalue weighted by Gasteiger charge is -2.11. The van der Waals surface area contributed by atoms with Crippen LogP contribution in [0.15, 0.2) is 42.7 Å². The molecule has 2 aromatic carbocycles. The third-order valence-corrected chi connectivity index (χ3v) is 4.73.